The Kier molecular flexibility index (Phi) is 5.74. The number of rotatable bonds is 6. The first kappa shape index (κ1) is 13.4. The number of hydrogen-bond donors (Lipinski definition) is 2. The molecule has 16 heavy (non-hydrogen) atoms. The first-order chi connectivity index (χ1) is 7.61. The monoisotopic (exact) mass is 244 g/mol. The number of nitrogens with one attached hydrogen (secondary N) is 2. The van der Waals surface area contributed by atoms with Crippen molar-refractivity contribution in [3.8, 4) is 0 Å². The second kappa shape index (κ2) is 6.84. The van der Waals surface area contributed by atoms with Gasteiger partial charge < -0.3 is 10.6 Å². The van der Waals surface area contributed by atoms with Gasteiger partial charge in [0.15, 0.2) is 0 Å². The van der Waals surface area contributed by atoms with Gasteiger partial charge in [0.25, 0.3) is 0 Å². The van der Waals surface area contributed by atoms with Crippen molar-refractivity contribution in [2.75, 3.05) is 13.1 Å². The number of halogens is 2. The highest BCUT2D eigenvalue weighted by Crippen LogP contribution is 2.17. The second-order valence-electron chi connectivity index (χ2n) is 4.00. The van der Waals surface area contributed by atoms with Crippen molar-refractivity contribution in [1.29, 1.82) is 0 Å². The van der Waals surface area contributed by atoms with Crippen molar-refractivity contribution in [2.24, 2.45) is 0 Å². The van der Waals surface area contributed by atoms with E-state index in [0.29, 0.717) is 18.2 Å². The molecular weight excluding hydrogens is 227 g/mol. The van der Waals surface area contributed by atoms with Gasteiger partial charge >= 0.3 is 0 Å². The van der Waals surface area contributed by atoms with Crippen LogP contribution in [0.25, 0.3) is 0 Å². The highest BCUT2D eigenvalue weighted by molar-refractivity contribution is 6.30. The Labute approximate surface area is 101 Å². The van der Waals surface area contributed by atoms with Gasteiger partial charge in [-0.25, -0.2) is 4.39 Å². The molecular formula is C12H18ClFN2. The van der Waals surface area contributed by atoms with E-state index in [9.17, 15) is 4.39 Å². The molecule has 1 aromatic rings. The quantitative estimate of drug-likeness (QED) is 0.752. The minimum Gasteiger partial charge on any atom is -0.313 e. The van der Waals surface area contributed by atoms with Crippen LogP contribution < -0.4 is 10.6 Å². The van der Waals surface area contributed by atoms with E-state index in [-0.39, 0.29) is 10.8 Å². The van der Waals surface area contributed by atoms with Crippen LogP contribution in [-0.2, 0) is 6.54 Å². The molecule has 0 spiro atoms. The Morgan fingerprint density at radius 1 is 1.31 bits per heavy atom. The molecule has 0 saturated heterocycles. The van der Waals surface area contributed by atoms with E-state index in [1.54, 1.807) is 18.2 Å². The van der Waals surface area contributed by atoms with Crippen molar-refractivity contribution >= 4 is 11.6 Å². The van der Waals surface area contributed by atoms with Crippen LogP contribution in [0.3, 0.4) is 0 Å². The fourth-order valence-corrected chi connectivity index (χ4v) is 1.55. The summed E-state index contributed by atoms with van der Waals surface area (Å²) in [4.78, 5) is 0. The molecule has 0 radical (unpaired) electrons. The van der Waals surface area contributed by atoms with Gasteiger partial charge in [-0.15, -0.1) is 0 Å². The van der Waals surface area contributed by atoms with E-state index in [2.05, 4.69) is 24.5 Å². The molecule has 1 rings (SSSR count). The first-order valence-corrected chi connectivity index (χ1v) is 5.86. The van der Waals surface area contributed by atoms with Crippen molar-refractivity contribution in [1.82, 2.24) is 10.6 Å². The van der Waals surface area contributed by atoms with Crippen LogP contribution in [-0.4, -0.2) is 19.1 Å². The number of hydrogen-bond acceptors (Lipinski definition) is 2. The Morgan fingerprint density at radius 3 is 2.75 bits per heavy atom. The van der Waals surface area contributed by atoms with E-state index in [4.69, 9.17) is 11.6 Å². The minimum atomic E-state index is -0.325. The van der Waals surface area contributed by atoms with Crippen LogP contribution in [0, 0.1) is 5.82 Å². The van der Waals surface area contributed by atoms with E-state index < -0.39 is 0 Å². The average Bonchev–Trinajstić information content (AvgIpc) is 2.23. The predicted octanol–water partition coefficient (Wildman–Crippen LogP) is 2.57. The Hall–Kier alpha value is -0.640. The van der Waals surface area contributed by atoms with Gasteiger partial charge in [0, 0.05) is 31.2 Å². The normalized spacial score (nSPS) is 11.1. The van der Waals surface area contributed by atoms with E-state index >= 15 is 0 Å². The van der Waals surface area contributed by atoms with E-state index in [1.165, 1.54) is 0 Å². The van der Waals surface area contributed by atoms with Crippen LogP contribution >= 0.6 is 11.6 Å². The maximum absolute atomic E-state index is 13.5. The van der Waals surface area contributed by atoms with Crippen LogP contribution in [0.4, 0.5) is 4.39 Å². The molecule has 2 N–H and O–H groups in total. The maximum Gasteiger partial charge on any atom is 0.146 e. The molecule has 0 heterocycles. The smallest absolute Gasteiger partial charge is 0.146 e. The molecule has 0 amide bonds. The summed E-state index contributed by atoms with van der Waals surface area (Å²) in [5.41, 5.74) is 0.608. The van der Waals surface area contributed by atoms with Crippen LogP contribution in [0.15, 0.2) is 18.2 Å². The maximum atomic E-state index is 13.5. The topological polar surface area (TPSA) is 24.1 Å². The molecule has 2 nitrogen and oxygen atoms in total. The third-order valence-electron chi connectivity index (χ3n) is 2.20. The third kappa shape index (κ3) is 4.47. The van der Waals surface area contributed by atoms with Gasteiger partial charge in [-0.1, -0.05) is 37.6 Å². The van der Waals surface area contributed by atoms with Gasteiger partial charge in [0.2, 0.25) is 0 Å². The molecule has 0 bridgehead atoms. The molecule has 1 aromatic carbocycles. The molecule has 0 fully saturated rings. The SMILES string of the molecule is CC(C)NCCNCc1cccc(Cl)c1F. The zero-order chi connectivity index (χ0) is 12.0. The Morgan fingerprint density at radius 2 is 2.06 bits per heavy atom. The highest BCUT2D eigenvalue weighted by atomic mass is 35.5. The first-order valence-electron chi connectivity index (χ1n) is 5.48. The van der Waals surface area contributed by atoms with Crippen LogP contribution in [0.5, 0.6) is 0 Å². The minimum absolute atomic E-state index is 0.180. The summed E-state index contributed by atoms with van der Waals surface area (Å²) in [6, 6.07) is 5.53. The number of benzene rings is 1. The molecule has 0 saturated carbocycles. The van der Waals surface area contributed by atoms with Gasteiger partial charge in [-0.3, -0.25) is 0 Å². The summed E-state index contributed by atoms with van der Waals surface area (Å²) in [6.45, 7) is 6.38. The molecule has 90 valence electrons. The lowest BCUT2D eigenvalue weighted by atomic mass is 10.2. The van der Waals surface area contributed by atoms with E-state index in [0.717, 1.165) is 13.1 Å². The van der Waals surface area contributed by atoms with Gasteiger partial charge in [-0.05, 0) is 6.07 Å². The van der Waals surface area contributed by atoms with Crippen molar-refractivity contribution in [3.05, 3.63) is 34.6 Å². The largest absolute Gasteiger partial charge is 0.313 e. The summed E-state index contributed by atoms with van der Waals surface area (Å²) in [5, 5.41) is 6.62. The molecule has 0 aromatic heterocycles. The Bertz CT molecular complexity index is 329. The zero-order valence-electron chi connectivity index (χ0n) is 9.69. The molecule has 0 unspecified atom stereocenters. The Balaban J connectivity index is 2.29. The molecule has 0 aliphatic heterocycles. The fraction of sp³-hybridized carbons (Fsp3) is 0.500. The van der Waals surface area contributed by atoms with Gasteiger partial charge in [0.1, 0.15) is 5.82 Å². The summed E-state index contributed by atoms with van der Waals surface area (Å²) in [6.07, 6.45) is 0. The molecule has 0 atom stereocenters. The lowest BCUT2D eigenvalue weighted by molar-refractivity contribution is 0.544. The van der Waals surface area contributed by atoms with Crippen molar-refractivity contribution in [2.45, 2.75) is 26.4 Å². The lowest BCUT2D eigenvalue weighted by Crippen LogP contribution is -2.31. The summed E-state index contributed by atoms with van der Waals surface area (Å²) >= 11 is 5.68. The zero-order valence-corrected chi connectivity index (χ0v) is 10.4. The predicted molar refractivity (Wildman–Crippen MR) is 66.3 cm³/mol. The van der Waals surface area contributed by atoms with Crippen LogP contribution in [0.2, 0.25) is 5.02 Å². The second-order valence-corrected chi connectivity index (χ2v) is 4.41. The fourth-order valence-electron chi connectivity index (χ4n) is 1.36. The summed E-state index contributed by atoms with van der Waals surface area (Å²) in [5.74, 6) is -0.325. The van der Waals surface area contributed by atoms with Crippen molar-refractivity contribution < 1.29 is 4.39 Å². The lowest BCUT2D eigenvalue weighted by Gasteiger charge is -2.09. The third-order valence-corrected chi connectivity index (χ3v) is 2.49. The summed E-state index contributed by atoms with van der Waals surface area (Å²) < 4.78 is 13.5. The molecule has 0 aliphatic rings. The molecule has 4 heteroatoms. The molecule has 0 aliphatic carbocycles. The average molecular weight is 245 g/mol. The summed E-state index contributed by atoms with van der Waals surface area (Å²) in [7, 11) is 0. The van der Waals surface area contributed by atoms with E-state index in [1.807, 2.05) is 0 Å². The van der Waals surface area contributed by atoms with Gasteiger partial charge in [0.05, 0.1) is 5.02 Å². The van der Waals surface area contributed by atoms with Crippen LogP contribution in [0.1, 0.15) is 19.4 Å². The van der Waals surface area contributed by atoms with Gasteiger partial charge in [-0.2, -0.15) is 0 Å². The van der Waals surface area contributed by atoms with Crippen molar-refractivity contribution in [3.63, 3.8) is 0 Å². The standard InChI is InChI=1S/C12H18ClFN2/c1-9(2)16-7-6-15-8-10-4-3-5-11(13)12(10)14/h3-5,9,15-16H,6-8H2,1-2H3. The highest BCUT2D eigenvalue weighted by Gasteiger charge is 2.04.